The van der Waals surface area contributed by atoms with Crippen LogP contribution in [0.3, 0.4) is 0 Å². The van der Waals surface area contributed by atoms with Crippen LogP contribution in [0.2, 0.25) is 0 Å². The minimum Gasteiger partial charge on any atom is -0.491 e. The number of nitrogens with one attached hydrogen (secondary N) is 2. The molecule has 1 aliphatic rings. The summed E-state index contributed by atoms with van der Waals surface area (Å²) in [5, 5.41) is 5.88. The second-order valence-electron chi connectivity index (χ2n) is 8.52. The highest BCUT2D eigenvalue weighted by molar-refractivity contribution is 6.04. The summed E-state index contributed by atoms with van der Waals surface area (Å²) in [6.07, 6.45) is 0. The van der Waals surface area contributed by atoms with Crippen LogP contribution in [0.15, 0.2) is 78.9 Å². The van der Waals surface area contributed by atoms with E-state index < -0.39 is 6.67 Å². The highest BCUT2D eigenvalue weighted by atomic mass is 19.1. The topological polar surface area (TPSA) is 73.9 Å². The third-order valence-electron chi connectivity index (χ3n) is 6.05. The number of hydrogen-bond donors (Lipinski definition) is 2. The highest BCUT2D eigenvalue weighted by Gasteiger charge is 2.17. The van der Waals surface area contributed by atoms with E-state index in [2.05, 4.69) is 20.4 Å². The molecule has 2 amide bonds. The summed E-state index contributed by atoms with van der Waals surface area (Å²) in [7, 11) is 0. The van der Waals surface area contributed by atoms with Crippen LogP contribution in [0.25, 0.3) is 0 Å². The van der Waals surface area contributed by atoms with Crippen LogP contribution in [0.5, 0.6) is 5.75 Å². The maximum Gasteiger partial charge on any atom is 0.255 e. The number of ether oxygens (including phenoxy) is 1. The third kappa shape index (κ3) is 7.05. The van der Waals surface area contributed by atoms with E-state index in [1.165, 1.54) is 0 Å². The van der Waals surface area contributed by atoms with Gasteiger partial charge < -0.3 is 20.3 Å². The Bertz CT molecular complexity index is 1130. The minimum atomic E-state index is -0.567. The molecule has 8 heteroatoms. The van der Waals surface area contributed by atoms with Gasteiger partial charge in [-0.15, -0.1) is 0 Å². The predicted molar refractivity (Wildman–Crippen MR) is 140 cm³/mol. The standard InChI is InChI=1S/C28H31FN4O3/c29-13-20-36-26-8-4-7-23(21-26)27(34)30-14-15-32-16-18-33(19-17-32)25-11-9-24(10-12-25)31-28(35)22-5-2-1-3-6-22/h1-12,21H,13-20H2,(H,30,34)(H,31,35). The Morgan fingerprint density at radius 1 is 0.833 bits per heavy atom. The summed E-state index contributed by atoms with van der Waals surface area (Å²) in [6, 6.07) is 23.8. The molecule has 0 unspecified atom stereocenters. The molecule has 1 saturated heterocycles. The van der Waals surface area contributed by atoms with E-state index in [-0.39, 0.29) is 18.4 Å². The Labute approximate surface area is 210 Å². The third-order valence-corrected chi connectivity index (χ3v) is 6.05. The van der Waals surface area contributed by atoms with Gasteiger partial charge in [0.25, 0.3) is 11.8 Å². The van der Waals surface area contributed by atoms with Crippen LogP contribution in [0.4, 0.5) is 15.8 Å². The monoisotopic (exact) mass is 490 g/mol. The SMILES string of the molecule is O=C(NCCN1CCN(c2ccc(NC(=O)c3ccccc3)cc2)CC1)c1cccc(OCCF)c1. The van der Waals surface area contributed by atoms with Crippen LogP contribution in [0.1, 0.15) is 20.7 Å². The van der Waals surface area contributed by atoms with E-state index >= 15 is 0 Å². The van der Waals surface area contributed by atoms with E-state index in [1.54, 1.807) is 36.4 Å². The molecule has 0 aliphatic carbocycles. The van der Waals surface area contributed by atoms with Gasteiger partial charge >= 0.3 is 0 Å². The van der Waals surface area contributed by atoms with Crippen LogP contribution < -0.4 is 20.3 Å². The van der Waals surface area contributed by atoms with Crippen LogP contribution in [0, 0.1) is 0 Å². The van der Waals surface area contributed by atoms with Crippen molar-refractivity contribution in [3.63, 3.8) is 0 Å². The fraction of sp³-hybridized carbons (Fsp3) is 0.286. The van der Waals surface area contributed by atoms with E-state index in [4.69, 9.17) is 4.74 Å². The summed E-state index contributed by atoms with van der Waals surface area (Å²) in [6.45, 7) is 4.29. The molecule has 0 aromatic heterocycles. The first-order chi connectivity index (χ1) is 17.6. The number of nitrogens with zero attached hydrogens (tertiary/aromatic N) is 2. The van der Waals surface area contributed by atoms with Crippen LogP contribution in [-0.4, -0.2) is 69.3 Å². The predicted octanol–water partition coefficient (Wildman–Crippen LogP) is 3.84. The lowest BCUT2D eigenvalue weighted by atomic mass is 10.2. The van der Waals surface area contributed by atoms with Gasteiger partial charge in [-0.2, -0.15) is 0 Å². The largest absolute Gasteiger partial charge is 0.491 e. The van der Waals surface area contributed by atoms with E-state index in [1.807, 2.05) is 42.5 Å². The van der Waals surface area contributed by atoms with E-state index in [9.17, 15) is 14.0 Å². The fourth-order valence-corrected chi connectivity index (χ4v) is 4.09. The number of rotatable bonds is 10. The Morgan fingerprint density at radius 3 is 2.28 bits per heavy atom. The van der Waals surface area contributed by atoms with Gasteiger partial charge in [0.1, 0.15) is 19.0 Å². The molecule has 0 bridgehead atoms. The first-order valence-electron chi connectivity index (χ1n) is 12.1. The summed E-state index contributed by atoms with van der Waals surface area (Å²) in [5.41, 5.74) is 3.02. The molecular weight excluding hydrogens is 459 g/mol. The molecule has 36 heavy (non-hydrogen) atoms. The summed E-state index contributed by atoms with van der Waals surface area (Å²) < 4.78 is 17.5. The lowest BCUT2D eigenvalue weighted by molar-refractivity contribution is 0.0946. The minimum absolute atomic E-state index is 0.0218. The first kappa shape index (κ1) is 25.2. The van der Waals surface area contributed by atoms with Gasteiger partial charge in [-0.1, -0.05) is 24.3 Å². The van der Waals surface area contributed by atoms with Crippen molar-refractivity contribution < 1.29 is 18.7 Å². The number of alkyl halides is 1. The highest BCUT2D eigenvalue weighted by Crippen LogP contribution is 2.20. The number of hydrogen-bond acceptors (Lipinski definition) is 5. The lowest BCUT2D eigenvalue weighted by Crippen LogP contribution is -2.48. The molecule has 3 aromatic carbocycles. The average molecular weight is 491 g/mol. The molecule has 0 saturated carbocycles. The van der Waals surface area contributed by atoms with E-state index in [0.29, 0.717) is 23.4 Å². The number of amides is 2. The number of carbonyl (C=O) groups is 2. The number of piperazine rings is 1. The van der Waals surface area contributed by atoms with Crippen molar-refractivity contribution in [2.75, 3.05) is 62.8 Å². The molecular formula is C28H31FN4O3. The van der Waals surface area contributed by atoms with Gasteiger partial charge in [0, 0.05) is 61.8 Å². The van der Waals surface area contributed by atoms with Crippen molar-refractivity contribution in [3.8, 4) is 5.75 Å². The molecule has 0 spiro atoms. The van der Waals surface area contributed by atoms with Gasteiger partial charge in [0.15, 0.2) is 0 Å². The molecule has 0 radical (unpaired) electrons. The van der Waals surface area contributed by atoms with Gasteiger partial charge in [-0.25, -0.2) is 4.39 Å². The van der Waals surface area contributed by atoms with Gasteiger partial charge in [-0.3, -0.25) is 14.5 Å². The van der Waals surface area contributed by atoms with Crippen molar-refractivity contribution >= 4 is 23.2 Å². The molecule has 4 rings (SSSR count). The first-order valence-corrected chi connectivity index (χ1v) is 12.1. The number of halogens is 1. The van der Waals surface area contributed by atoms with Gasteiger partial charge in [0.2, 0.25) is 0 Å². The maximum atomic E-state index is 12.4. The smallest absolute Gasteiger partial charge is 0.255 e. The molecule has 7 nitrogen and oxygen atoms in total. The number of carbonyl (C=O) groups excluding carboxylic acids is 2. The molecule has 1 heterocycles. The number of benzene rings is 3. The molecule has 1 fully saturated rings. The zero-order valence-corrected chi connectivity index (χ0v) is 20.2. The lowest BCUT2D eigenvalue weighted by Gasteiger charge is -2.36. The Morgan fingerprint density at radius 2 is 1.56 bits per heavy atom. The normalized spacial score (nSPS) is 13.8. The Hall–Kier alpha value is -3.91. The summed E-state index contributed by atoms with van der Waals surface area (Å²) in [5.74, 6) is 0.198. The number of anilines is 2. The van der Waals surface area contributed by atoms with Gasteiger partial charge in [-0.05, 0) is 54.6 Å². The van der Waals surface area contributed by atoms with Gasteiger partial charge in [0.05, 0.1) is 0 Å². The van der Waals surface area contributed by atoms with Crippen LogP contribution >= 0.6 is 0 Å². The zero-order chi connectivity index (χ0) is 25.2. The van der Waals surface area contributed by atoms with E-state index in [0.717, 1.165) is 44.1 Å². The molecule has 188 valence electrons. The van der Waals surface area contributed by atoms with Crippen LogP contribution in [-0.2, 0) is 0 Å². The second kappa shape index (κ2) is 12.7. The molecule has 0 atom stereocenters. The maximum absolute atomic E-state index is 12.4. The summed E-state index contributed by atoms with van der Waals surface area (Å²) >= 11 is 0. The zero-order valence-electron chi connectivity index (χ0n) is 20.2. The Balaban J connectivity index is 1.18. The van der Waals surface area contributed by atoms with Crippen molar-refractivity contribution in [3.05, 3.63) is 90.0 Å². The van der Waals surface area contributed by atoms with Crippen molar-refractivity contribution in [2.45, 2.75) is 0 Å². The molecule has 3 aromatic rings. The van der Waals surface area contributed by atoms with Crippen molar-refractivity contribution in [1.29, 1.82) is 0 Å². The Kier molecular flexibility index (Phi) is 8.88. The fourth-order valence-electron chi connectivity index (χ4n) is 4.09. The second-order valence-corrected chi connectivity index (χ2v) is 8.52. The van der Waals surface area contributed by atoms with Crippen molar-refractivity contribution in [1.82, 2.24) is 10.2 Å². The molecule has 2 N–H and O–H groups in total. The summed E-state index contributed by atoms with van der Waals surface area (Å²) in [4.78, 5) is 29.4. The molecule has 1 aliphatic heterocycles. The van der Waals surface area contributed by atoms with Crippen molar-refractivity contribution in [2.24, 2.45) is 0 Å². The quantitative estimate of drug-likeness (QED) is 0.452. The average Bonchev–Trinajstić information content (AvgIpc) is 2.93.